The maximum Gasteiger partial charge on any atom is 0.472 e. The van der Waals surface area contributed by atoms with E-state index in [1.54, 1.807) is 0 Å². The number of carbonyl (C=O) groups excluding carboxylic acids is 2. The molecule has 0 aromatic rings. The number of epoxide rings is 1. The Bertz CT molecular complexity index is 1110. The Balaban J connectivity index is 2.29. The van der Waals surface area contributed by atoms with Gasteiger partial charge in [-0.15, -0.1) is 0 Å². The first-order chi connectivity index (χ1) is 27.1. The summed E-state index contributed by atoms with van der Waals surface area (Å²) in [7, 11) is -4.63. The topological polar surface area (TPSA) is 161 Å². The van der Waals surface area contributed by atoms with Gasteiger partial charge in [-0.1, -0.05) is 147 Å². The van der Waals surface area contributed by atoms with Gasteiger partial charge in [0.05, 0.1) is 32.0 Å². The predicted molar refractivity (Wildman–Crippen MR) is 223 cm³/mol. The van der Waals surface area contributed by atoms with E-state index in [-0.39, 0.29) is 31.7 Å². The number of esters is 2. The zero-order chi connectivity index (χ0) is 41.1. The molecule has 0 bridgehead atoms. The fourth-order valence-corrected chi connectivity index (χ4v) is 6.88. The first kappa shape index (κ1) is 52.2. The maximum absolute atomic E-state index is 12.6. The second-order valence-corrected chi connectivity index (χ2v) is 17.0. The number of hydrogen-bond acceptors (Lipinski definition) is 10. The molecule has 3 N–H and O–H groups in total. The Labute approximate surface area is 339 Å². The fraction of sp³-hybridized carbons (Fsp3) is 0.818. The molecule has 12 heteroatoms. The third-order valence-electron chi connectivity index (χ3n) is 9.63. The van der Waals surface area contributed by atoms with E-state index in [1.807, 2.05) is 6.08 Å². The van der Waals surface area contributed by atoms with Crippen molar-refractivity contribution in [1.29, 1.82) is 0 Å². The molecular weight excluding hydrogens is 735 g/mol. The number of carbonyl (C=O) groups is 2. The molecule has 1 fully saturated rings. The van der Waals surface area contributed by atoms with Gasteiger partial charge in [0.15, 0.2) is 6.10 Å². The molecule has 3 unspecified atom stereocenters. The molecule has 0 saturated carbocycles. The van der Waals surface area contributed by atoms with Crippen LogP contribution in [-0.4, -0.2) is 77.9 Å². The summed E-state index contributed by atoms with van der Waals surface area (Å²) in [5, 5.41) is 18.3. The Kier molecular flexibility index (Phi) is 32.7. The van der Waals surface area contributed by atoms with Gasteiger partial charge in [-0.05, 0) is 57.3 Å². The molecular formula is C44H79O11P. The molecule has 0 aromatic heterocycles. The van der Waals surface area contributed by atoms with Crippen LogP contribution in [0, 0.1) is 5.92 Å². The minimum atomic E-state index is -4.63. The van der Waals surface area contributed by atoms with E-state index >= 15 is 0 Å². The van der Waals surface area contributed by atoms with Crippen molar-refractivity contribution in [2.75, 3.05) is 26.4 Å². The van der Waals surface area contributed by atoms with Crippen LogP contribution in [0.15, 0.2) is 36.5 Å². The molecule has 0 aromatic carbocycles. The van der Waals surface area contributed by atoms with E-state index in [0.29, 0.717) is 19.3 Å². The van der Waals surface area contributed by atoms with Gasteiger partial charge in [-0.25, -0.2) is 4.57 Å². The third-order valence-corrected chi connectivity index (χ3v) is 10.6. The van der Waals surface area contributed by atoms with Crippen LogP contribution in [0.1, 0.15) is 175 Å². The summed E-state index contributed by atoms with van der Waals surface area (Å²) < 4.78 is 38.4. The molecule has 0 spiro atoms. The molecule has 1 heterocycles. The van der Waals surface area contributed by atoms with E-state index in [9.17, 15) is 24.2 Å². The average Bonchev–Trinajstić information content (AvgIpc) is 3.93. The minimum absolute atomic E-state index is 0.158. The van der Waals surface area contributed by atoms with Crippen LogP contribution < -0.4 is 0 Å². The normalized spacial score (nSPS) is 17.9. The van der Waals surface area contributed by atoms with Gasteiger partial charge in [0, 0.05) is 12.8 Å². The second kappa shape index (κ2) is 35.1. The zero-order valence-corrected chi connectivity index (χ0v) is 36.1. The maximum atomic E-state index is 12.6. The summed E-state index contributed by atoms with van der Waals surface area (Å²) >= 11 is 0. The number of unbranched alkanes of at least 4 members (excludes halogenated alkanes) is 15. The summed E-state index contributed by atoms with van der Waals surface area (Å²) in [6.07, 6.45) is 35.7. The molecule has 1 aliphatic heterocycles. The molecule has 11 nitrogen and oxygen atoms in total. The lowest BCUT2D eigenvalue weighted by atomic mass is 10.0. The van der Waals surface area contributed by atoms with Crippen molar-refractivity contribution in [2.24, 2.45) is 5.92 Å². The molecule has 0 aliphatic carbocycles. The second-order valence-electron chi connectivity index (χ2n) is 15.6. The highest BCUT2D eigenvalue weighted by Crippen LogP contribution is 2.43. The largest absolute Gasteiger partial charge is 0.472 e. The molecule has 5 atom stereocenters. The van der Waals surface area contributed by atoms with E-state index in [1.165, 1.54) is 77.0 Å². The van der Waals surface area contributed by atoms with Crippen LogP contribution in [0.4, 0.5) is 0 Å². The number of ether oxygens (including phenoxy) is 3. The Morgan fingerprint density at radius 3 is 1.84 bits per heavy atom. The van der Waals surface area contributed by atoms with Gasteiger partial charge >= 0.3 is 19.8 Å². The highest BCUT2D eigenvalue weighted by molar-refractivity contribution is 7.47. The van der Waals surface area contributed by atoms with Crippen molar-refractivity contribution < 1.29 is 52.5 Å². The highest BCUT2D eigenvalue weighted by atomic mass is 31.2. The summed E-state index contributed by atoms with van der Waals surface area (Å²) in [5.74, 6) is -0.194. The lowest BCUT2D eigenvalue weighted by Crippen LogP contribution is -2.29. The quantitative estimate of drug-likeness (QED) is 0.0178. The third kappa shape index (κ3) is 33.2. The monoisotopic (exact) mass is 815 g/mol. The van der Waals surface area contributed by atoms with E-state index in [0.717, 1.165) is 50.9 Å². The van der Waals surface area contributed by atoms with Gasteiger partial charge in [0.2, 0.25) is 0 Å². The van der Waals surface area contributed by atoms with E-state index in [2.05, 4.69) is 55.7 Å². The van der Waals surface area contributed by atoms with Crippen LogP contribution >= 0.6 is 7.82 Å². The fourth-order valence-electron chi connectivity index (χ4n) is 6.09. The first-order valence-electron chi connectivity index (χ1n) is 21.9. The van der Waals surface area contributed by atoms with Crippen LogP contribution in [0.2, 0.25) is 0 Å². The lowest BCUT2D eigenvalue weighted by Gasteiger charge is -2.20. The van der Waals surface area contributed by atoms with Crippen LogP contribution in [0.25, 0.3) is 0 Å². The standard InChI is InChI=1S/C44H79O11P/c1-4-5-6-7-8-13-17-20-25-30-41-42(55-41)31-26-22-23-27-32-43(47)51-36-40(37-53-56(49,50)52-35-39(46)34-45)54-44(48)33-28-21-18-15-12-10-9-11-14-16-19-24-29-38(2)3/h8,13,20,22,25-26,38-42,45-46H,4-7,9-12,14-19,21,23-24,27-37H2,1-3H3,(H,49,50)/b13-8-,25-20-,26-22-/t39-,40+,41?,42?/m0/s1. The number of phosphoric ester groups is 1. The number of allylic oxidation sites excluding steroid dienone is 4. The van der Waals surface area contributed by atoms with Gasteiger partial charge < -0.3 is 29.3 Å². The number of phosphoric acid groups is 1. The van der Waals surface area contributed by atoms with Crippen molar-refractivity contribution in [2.45, 2.75) is 199 Å². The molecule has 56 heavy (non-hydrogen) atoms. The highest BCUT2D eigenvalue weighted by Gasteiger charge is 2.36. The number of rotatable bonds is 39. The van der Waals surface area contributed by atoms with Gasteiger partial charge in [0.25, 0.3) is 0 Å². The molecule has 0 amide bonds. The van der Waals surface area contributed by atoms with Crippen molar-refractivity contribution in [3.05, 3.63) is 36.5 Å². The molecule has 1 rings (SSSR count). The first-order valence-corrected chi connectivity index (χ1v) is 23.4. The number of aliphatic hydroxyl groups is 2. The number of hydrogen-bond donors (Lipinski definition) is 3. The average molecular weight is 815 g/mol. The zero-order valence-electron chi connectivity index (χ0n) is 35.2. The van der Waals surface area contributed by atoms with Crippen LogP contribution in [0.5, 0.6) is 0 Å². The lowest BCUT2D eigenvalue weighted by molar-refractivity contribution is -0.161. The van der Waals surface area contributed by atoms with Crippen LogP contribution in [-0.2, 0) is 37.4 Å². The van der Waals surface area contributed by atoms with Gasteiger partial charge in [-0.3, -0.25) is 18.6 Å². The van der Waals surface area contributed by atoms with E-state index < -0.39 is 51.8 Å². The Morgan fingerprint density at radius 2 is 1.21 bits per heavy atom. The Hall–Kier alpha value is -1.85. The molecule has 0 radical (unpaired) electrons. The van der Waals surface area contributed by atoms with Crippen molar-refractivity contribution in [1.82, 2.24) is 0 Å². The van der Waals surface area contributed by atoms with Gasteiger partial charge in [-0.2, -0.15) is 0 Å². The Morgan fingerprint density at radius 1 is 0.679 bits per heavy atom. The van der Waals surface area contributed by atoms with Gasteiger partial charge in [0.1, 0.15) is 12.7 Å². The summed E-state index contributed by atoms with van der Waals surface area (Å²) in [5.41, 5.74) is 0. The SMILES string of the molecule is CCCCC/C=C\C/C=C\CC1OC1C/C=C\CCCC(=O)OC[C@H](COP(=O)(O)OC[C@@H](O)CO)OC(=O)CCCCCCCCCCCCCCC(C)C. The summed E-state index contributed by atoms with van der Waals surface area (Å²) in [4.78, 5) is 35.0. The molecule has 326 valence electrons. The van der Waals surface area contributed by atoms with Crippen molar-refractivity contribution >= 4 is 19.8 Å². The smallest absolute Gasteiger partial charge is 0.462 e. The number of aliphatic hydroxyl groups excluding tert-OH is 2. The predicted octanol–water partition coefficient (Wildman–Crippen LogP) is 10.4. The molecule has 1 saturated heterocycles. The van der Waals surface area contributed by atoms with Crippen molar-refractivity contribution in [3.63, 3.8) is 0 Å². The summed E-state index contributed by atoms with van der Waals surface area (Å²) in [6.45, 7) is 4.60. The minimum Gasteiger partial charge on any atom is -0.462 e. The summed E-state index contributed by atoms with van der Waals surface area (Å²) in [6, 6.07) is 0. The van der Waals surface area contributed by atoms with E-state index in [4.69, 9.17) is 23.8 Å². The molecule has 1 aliphatic rings. The van der Waals surface area contributed by atoms with Crippen LogP contribution in [0.3, 0.4) is 0 Å². The van der Waals surface area contributed by atoms with Crippen molar-refractivity contribution in [3.8, 4) is 0 Å².